The smallest absolute Gasteiger partial charge is 0.182 e. The molecule has 7 nitrogen and oxygen atoms in total. The second-order valence-corrected chi connectivity index (χ2v) is 5.48. The van der Waals surface area contributed by atoms with Crippen LogP contribution in [0.3, 0.4) is 0 Å². The summed E-state index contributed by atoms with van der Waals surface area (Å²) in [7, 11) is 1.60. The van der Waals surface area contributed by atoms with E-state index in [1.54, 1.807) is 13.2 Å². The number of hydrogen-bond donors (Lipinski definition) is 1. The van der Waals surface area contributed by atoms with Crippen molar-refractivity contribution in [2.75, 3.05) is 26.1 Å². The van der Waals surface area contributed by atoms with Crippen molar-refractivity contribution in [2.45, 2.75) is 25.3 Å². The fourth-order valence-electron chi connectivity index (χ4n) is 2.60. The first-order valence-electron chi connectivity index (χ1n) is 6.94. The van der Waals surface area contributed by atoms with Crippen LogP contribution < -0.4 is 10.5 Å². The molecule has 1 aliphatic heterocycles. The summed E-state index contributed by atoms with van der Waals surface area (Å²) in [6.45, 7) is 3.60. The van der Waals surface area contributed by atoms with Crippen LogP contribution in [-0.2, 0) is 10.3 Å². The van der Waals surface area contributed by atoms with E-state index >= 15 is 0 Å². The minimum atomic E-state index is -0.133. The Bertz CT molecular complexity index is 634. The number of tetrazole rings is 1. The van der Waals surface area contributed by atoms with Crippen LogP contribution in [-0.4, -0.2) is 40.5 Å². The van der Waals surface area contributed by atoms with Crippen molar-refractivity contribution in [3.8, 4) is 17.1 Å². The first kappa shape index (κ1) is 13.8. The normalized spacial score (nSPS) is 17.6. The van der Waals surface area contributed by atoms with E-state index in [1.807, 2.05) is 16.8 Å². The molecule has 0 amide bonds. The Hall–Kier alpha value is -2.15. The lowest BCUT2D eigenvalue weighted by atomic mass is 9.92. The van der Waals surface area contributed by atoms with Gasteiger partial charge in [-0.3, -0.25) is 0 Å². The maximum Gasteiger partial charge on any atom is 0.182 e. The van der Waals surface area contributed by atoms with Gasteiger partial charge >= 0.3 is 0 Å². The van der Waals surface area contributed by atoms with Gasteiger partial charge in [0.1, 0.15) is 5.75 Å². The highest BCUT2D eigenvalue weighted by Gasteiger charge is 2.33. The Kier molecular flexibility index (Phi) is 3.50. The molecule has 1 fully saturated rings. The van der Waals surface area contributed by atoms with Crippen LogP contribution in [0.5, 0.6) is 5.75 Å². The van der Waals surface area contributed by atoms with E-state index in [4.69, 9.17) is 15.2 Å². The van der Waals surface area contributed by atoms with Crippen LogP contribution >= 0.6 is 0 Å². The molecule has 0 aliphatic carbocycles. The average molecular weight is 289 g/mol. The van der Waals surface area contributed by atoms with E-state index < -0.39 is 0 Å². The zero-order valence-electron chi connectivity index (χ0n) is 12.2. The summed E-state index contributed by atoms with van der Waals surface area (Å²) in [6.07, 6.45) is 1.77. The summed E-state index contributed by atoms with van der Waals surface area (Å²) in [5.41, 5.74) is 7.21. The molecule has 112 valence electrons. The minimum absolute atomic E-state index is 0.133. The quantitative estimate of drug-likeness (QED) is 0.861. The van der Waals surface area contributed by atoms with Crippen molar-refractivity contribution >= 4 is 5.69 Å². The zero-order chi connectivity index (χ0) is 14.9. The van der Waals surface area contributed by atoms with Crippen molar-refractivity contribution in [3.63, 3.8) is 0 Å². The molecular formula is C14H19N5O2. The van der Waals surface area contributed by atoms with E-state index in [2.05, 4.69) is 22.4 Å². The molecule has 2 N–H and O–H groups in total. The molecule has 0 saturated carbocycles. The number of hydrogen-bond acceptors (Lipinski definition) is 6. The Morgan fingerprint density at radius 3 is 2.81 bits per heavy atom. The highest BCUT2D eigenvalue weighted by atomic mass is 16.5. The maximum atomic E-state index is 5.86. The molecule has 21 heavy (non-hydrogen) atoms. The lowest BCUT2D eigenvalue weighted by Crippen LogP contribution is -2.38. The molecule has 0 spiro atoms. The van der Waals surface area contributed by atoms with Crippen LogP contribution in [0.25, 0.3) is 11.4 Å². The Balaban J connectivity index is 2.02. The molecule has 3 rings (SSSR count). The molecule has 1 aromatic heterocycles. The number of anilines is 1. The molecular weight excluding hydrogens is 270 g/mol. The lowest BCUT2D eigenvalue weighted by Gasteiger charge is -2.33. The number of rotatable bonds is 3. The Labute approximate surface area is 123 Å². The van der Waals surface area contributed by atoms with Gasteiger partial charge in [0, 0.05) is 18.8 Å². The summed E-state index contributed by atoms with van der Waals surface area (Å²) in [5.74, 6) is 1.34. The molecule has 2 heterocycles. The predicted molar refractivity (Wildman–Crippen MR) is 77.9 cm³/mol. The highest BCUT2D eigenvalue weighted by molar-refractivity contribution is 5.65. The summed E-state index contributed by atoms with van der Waals surface area (Å²) < 4.78 is 12.6. The minimum Gasteiger partial charge on any atom is -0.495 e. The number of aromatic nitrogens is 4. The maximum absolute atomic E-state index is 5.86. The van der Waals surface area contributed by atoms with Crippen LogP contribution in [0.1, 0.15) is 19.8 Å². The van der Waals surface area contributed by atoms with Crippen molar-refractivity contribution in [2.24, 2.45) is 0 Å². The molecule has 2 aromatic rings. The first-order valence-corrected chi connectivity index (χ1v) is 6.94. The standard InChI is InChI=1S/C14H19N5O2/c1-14(5-7-21-8-6-14)19-13(16-17-18-19)10-3-4-11(15)12(9-10)20-2/h3-4,9H,5-8,15H2,1-2H3. The predicted octanol–water partition coefficient (Wildman–Crippen LogP) is 1.46. The lowest BCUT2D eigenvalue weighted by molar-refractivity contribution is 0.0240. The third-order valence-electron chi connectivity index (χ3n) is 4.04. The van der Waals surface area contributed by atoms with Crippen LogP contribution in [0.4, 0.5) is 5.69 Å². The van der Waals surface area contributed by atoms with E-state index in [0.29, 0.717) is 11.4 Å². The molecule has 1 saturated heterocycles. The Morgan fingerprint density at radius 2 is 2.10 bits per heavy atom. The summed E-state index contributed by atoms with van der Waals surface area (Å²) in [5, 5.41) is 12.2. The van der Waals surface area contributed by atoms with Crippen molar-refractivity contribution in [1.29, 1.82) is 0 Å². The molecule has 0 unspecified atom stereocenters. The molecule has 0 radical (unpaired) electrons. The third-order valence-corrected chi connectivity index (χ3v) is 4.04. The first-order chi connectivity index (χ1) is 10.1. The van der Waals surface area contributed by atoms with E-state index in [9.17, 15) is 0 Å². The fourth-order valence-corrected chi connectivity index (χ4v) is 2.60. The van der Waals surface area contributed by atoms with Crippen molar-refractivity contribution < 1.29 is 9.47 Å². The van der Waals surface area contributed by atoms with Gasteiger partial charge in [-0.25, -0.2) is 4.68 Å². The number of methoxy groups -OCH3 is 1. The van der Waals surface area contributed by atoms with Gasteiger partial charge in [0.15, 0.2) is 5.82 Å². The van der Waals surface area contributed by atoms with E-state index in [0.717, 1.165) is 37.4 Å². The van der Waals surface area contributed by atoms with Crippen molar-refractivity contribution in [1.82, 2.24) is 20.2 Å². The van der Waals surface area contributed by atoms with Gasteiger partial charge in [0.25, 0.3) is 0 Å². The number of benzene rings is 1. The summed E-state index contributed by atoms with van der Waals surface area (Å²) in [6, 6.07) is 5.57. The van der Waals surface area contributed by atoms with E-state index in [1.165, 1.54) is 0 Å². The fraction of sp³-hybridized carbons (Fsp3) is 0.500. The second kappa shape index (κ2) is 5.33. The third kappa shape index (κ3) is 2.44. The van der Waals surface area contributed by atoms with Crippen LogP contribution in [0.15, 0.2) is 18.2 Å². The molecule has 7 heteroatoms. The van der Waals surface area contributed by atoms with Gasteiger partial charge in [-0.2, -0.15) is 0 Å². The number of ether oxygens (including phenoxy) is 2. The molecule has 1 aromatic carbocycles. The SMILES string of the molecule is COc1cc(-c2nnnn2C2(C)CCOCC2)ccc1N. The number of nitrogen functional groups attached to an aromatic ring is 1. The average Bonchev–Trinajstić information content (AvgIpc) is 2.99. The topological polar surface area (TPSA) is 88.1 Å². The largest absolute Gasteiger partial charge is 0.495 e. The Morgan fingerprint density at radius 1 is 1.33 bits per heavy atom. The van der Waals surface area contributed by atoms with Crippen LogP contribution in [0.2, 0.25) is 0 Å². The summed E-state index contributed by atoms with van der Waals surface area (Å²) in [4.78, 5) is 0. The number of nitrogens with zero attached hydrogens (tertiary/aromatic N) is 4. The highest BCUT2D eigenvalue weighted by Crippen LogP contribution is 2.33. The molecule has 1 aliphatic rings. The second-order valence-electron chi connectivity index (χ2n) is 5.48. The van der Waals surface area contributed by atoms with Gasteiger partial charge in [0.2, 0.25) is 0 Å². The monoisotopic (exact) mass is 289 g/mol. The van der Waals surface area contributed by atoms with Crippen molar-refractivity contribution in [3.05, 3.63) is 18.2 Å². The molecule has 0 atom stereocenters. The van der Waals surface area contributed by atoms with Crippen LogP contribution in [0, 0.1) is 0 Å². The number of nitrogens with two attached hydrogens (primary N) is 1. The van der Waals surface area contributed by atoms with Gasteiger partial charge < -0.3 is 15.2 Å². The van der Waals surface area contributed by atoms with Gasteiger partial charge in [-0.15, -0.1) is 5.10 Å². The van der Waals surface area contributed by atoms with E-state index in [-0.39, 0.29) is 5.54 Å². The van der Waals surface area contributed by atoms with Gasteiger partial charge in [-0.1, -0.05) is 0 Å². The molecule has 0 bridgehead atoms. The van der Waals surface area contributed by atoms with Gasteiger partial charge in [0.05, 0.1) is 18.3 Å². The summed E-state index contributed by atoms with van der Waals surface area (Å²) >= 11 is 0. The zero-order valence-corrected chi connectivity index (χ0v) is 12.2. The van der Waals surface area contributed by atoms with Gasteiger partial charge in [-0.05, 0) is 48.4 Å².